The van der Waals surface area contributed by atoms with Crippen molar-refractivity contribution in [1.82, 2.24) is 4.90 Å². The quantitative estimate of drug-likeness (QED) is 0.578. The Morgan fingerprint density at radius 2 is 1.62 bits per heavy atom. The highest BCUT2D eigenvalue weighted by Crippen LogP contribution is 2.14. The predicted octanol–water partition coefficient (Wildman–Crippen LogP) is 0.687. The summed E-state index contributed by atoms with van der Waals surface area (Å²) < 4.78 is 0. The molecule has 0 spiro atoms. The van der Waals surface area contributed by atoms with Crippen LogP contribution < -0.4 is 5.32 Å². The molecule has 1 aliphatic rings. The molecule has 0 unspecified atom stereocenters. The zero-order valence-corrected chi connectivity index (χ0v) is 8.38. The van der Waals surface area contributed by atoms with Crippen molar-refractivity contribution in [2.45, 2.75) is 0 Å². The molecule has 0 atom stereocenters. The summed E-state index contributed by atoms with van der Waals surface area (Å²) in [4.78, 5) is 23.5. The monoisotopic (exact) mass is 218 g/mol. The maximum absolute atomic E-state index is 11.2. The lowest BCUT2D eigenvalue weighted by Gasteiger charge is -2.15. The normalized spacial score (nSPS) is 14.6. The molecule has 16 heavy (non-hydrogen) atoms. The Morgan fingerprint density at radius 3 is 2.19 bits per heavy atom. The lowest BCUT2D eigenvalue weighted by molar-refractivity contribution is -0.136. The molecule has 1 aromatic rings. The zero-order chi connectivity index (χ0) is 11.5. The van der Waals surface area contributed by atoms with Gasteiger partial charge in [0.25, 0.3) is 11.8 Å². The molecule has 5 nitrogen and oxygen atoms in total. The van der Waals surface area contributed by atoms with Crippen LogP contribution in [0.25, 0.3) is 0 Å². The fourth-order valence-electron chi connectivity index (χ4n) is 1.34. The summed E-state index contributed by atoms with van der Waals surface area (Å²) >= 11 is 0. The van der Waals surface area contributed by atoms with E-state index in [-0.39, 0.29) is 24.2 Å². The van der Waals surface area contributed by atoms with Gasteiger partial charge < -0.3 is 10.4 Å². The van der Waals surface area contributed by atoms with Crippen molar-refractivity contribution in [2.24, 2.45) is 0 Å². The first-order chi connectivity index (χ1) is 7.66. The molecule has 0 aromatic heterocycles. The Bertz CT molecular complexity index is 433. The van der Waals surface area contributed by atoms with Gasteiger partial charge in [-0.3, -0.25) is 14.5 Å². The van der Waals surface area contributed by atoms with E-state index >= 15 is 0 Å². The van der Waals surface area contributed by atoms with Gasteiger partial charge in [-0.1, -0.05) is 0 Å². The van der Waals surface area contributed by atoms with Gasteiger partial charge in [0, 0.05) is 17.8 Å². The number of carbonyl (C=O) groups excluding carboxylic acids is 2. The van der Waals surface area contributed by atoms with Crippen molar-refractivity contribution in [3.8, 4) is 5.75 Å². The number of hydrogen-bond donors (Lipinski definition) is 2. The Labute approximate surface area is 92.0 Å². The number of benzene rings is 1. The third kappa shape index (κ3) is 2.03. The Hall–Kier alpha value is -2.30. The smallest absolute Gasteiger partial charge is 0.255 e. The molecule has 5 heteroatoms. The van der Waals surface area contributed by atoms with Gasteiger partial charge in [0.05, 0.1) is 6.67 Å². The standard InChI is InChI=1S/C11H10N2O3/c14-9-3-1-8(2-4-9)12-7-13-10(15)5-6-11(13)16/h1-6,12,14H,7H2. The van der Waals surface area contributed by atoms with Crippen LogP contribution in [0.15, 0.2) is 36.4 Å². The van der Waals surface area contributed by atoms with Gasteiger partial charge in [-0.05, 0) is 24.3 Å². The van der Waals surface area contributed by atoms with E-state index in [1.807, 2.05) is 0 Å². The van der Waals surface area contributed by atoms with Gasteiger partial charge in [0.15, 0.2) is 0 Å². The van der Waals surface area contributed by atoms with Crippen LogP contribution in [0.5, 0.6) is 5.75 Å². The number of anilines is 1. The Balaban J connectivity index is 1.95. The summed E-state index contributed by atoms with van der Waals surface area (Å²) in [6.07, 6.45) is 2.47. The molecule has 0 aliphatic carbocycles. The molecule has 2 amide bonds. The van der Waals surface area contributed by atoms with E-state index in [4.69, 9.17) is 5.11 Å². The van der Waals surface area contributed by atoms with Crippen LogP contribution in [0.3, 0.4) is 0 Å². The third-order valence-corrected chi connectivity index (χ3v) is 2.21. The minimum atomic E-state index is -0.323. The molecular weight excluding hydrogens is 208 g/mol. The third-order valence-electron chi connectivity index (χ3n) is 2.21. The molecule has 0 fully saturated rings. The fraction of sp³-hybridized carbons (Fsp3) is 0.0909. The van der Waals surface area contributed by atoms with Crippen molar-refractivity contribution >= 4 is 17.5 Å². The molecule has 1 aromatic carbocycles. The summed E-state index contributed by atoms with van der Waals surface area (Å²) in [7, 11) is 0. The Kier molecular flexibility index (Phi) is 2.59. The highest BCUT2D eigenvalue weighted by atomic mass is 16.3. The second-order valence-corrected chi connectivity index (χ2v) is 3.32. The molecule has 0 saturated heterocycles. The molecule has 82 valence electrons. The van der Waals surface area contributed by atoms with E-state index in [9.17, 15) is 9.59 Å². The average Bonchev–Trinajstić information content (AvgIpc) is 2.59. The summed E-state index contributed by atoms with van der Waals surface area (Å²) in [5, 5.41) is 12.0. The molecule has 1 heterocycles. The van der Waals surface area contributed by atoms with Crippen molar-refractivity contribution in [3.05, 3.63) is 36.4 Å². The van der Waals surface area contributed by atoms with Crippen LogP contribution >= 0.6 is 0 Å². The number of nitrogens with zero attached hydrogens (tertiary/aromatic N) is 1. The first-order valence-corrected chi connectivity index (χ1v) is 4.73. The summed E-state index contributed by atoms with van der Waals surface area (Å²) in [6.45, 7) is 0.120. The number of nitrogens with one attached hydrogen (secondary N) is 1. The minimum Gasteiger partial charge on any atom is -0.508 e. The SMILES string of the molecule is O=C1C=CC(=O)N1CNc1ccc(O)cc1. The summed E-state index contributed by atoms with van der Waals surface area (Å²) in [6, 6.07) is 6.37. The second kappa shape index (κ2) is 4.06. The van der Waals surface area contributed by atoms with E-state index in [0.717, 1.165) is 10.6 Å². The molecule has 0 bridgehead atoms. The lowest BCUT2D eigenvalue weighted by atomic mass is 10.3. The number of imide groups is 1. The zero-order valence-electron chi connectivity index (χ0n) is 8.38. The van der Waals surface area contributed by atoms with Crippen LogP contribution in [0.2, 0.25) is 0 Å². The van der Waals surface area contributed by atoms with Crippen molar-refractivity contribution < 1.29 is 14.7 Å². The van der Waals surface area contributed by atoms with Crippen LogP contribution in [-0.2, 0) is 9.59 Å². The maximum atomic E-state index is 11.2. The lowest BCUT2D eigenvalue weighted by Crippen LogP contribution is -2.34. The van der Waals surface area contributed by atoms with Crippen LogP contribution in [0.1, 0.15) is 0 Å². The van der Waals surface area contributed by atoms with Crippen molar-refractivity contribution in [3.63, 3.8) is 0 Å². The molecule has 1 aliphatic heterocycles. The van der Waals surface area contributed by atoms with E-state index in [0.29, 0.717) is 0 Å². The number of aromatic hydroxyl groups is 1. The van der Waals surface area contributed by atoms with Crippen LogP contribution in [-0.4, -0.2) is 28.5 Å². The molecular formula is C11H10N2O3. The maximum Gasteiger partial charge on any atom is 0.255 e. The minimum absolute atomic E-state index is 0.120. The molecule has 0 saturated carbocycles. The average molecular weight is 218 g/mol. The fourth-order valence-corrected chi connectivity index (χ4v) is 1.34. The number of phenols is 1. The predicted molar refractivity (Wildman–Crippen MR) is 57.6 cm³/mol. The number of carbonyl (C=O) groups is 2. The van der Waals surface area contributed by atoms with Gasteiger partial charge >= 0.3 is 0 Å². The molecule has 2 rings (SSSR count). The van der Waals surface area contributed by atoms with E-state index in [1.165, 1.54) is 24.3 Å². The highest BCUT2D eigenvalue weighted by molar-refractivity contribution is 6.12. The first-order valence-electron chi connectivity index (χ1n) is 4.73. The van der Waals surface area contributed by atoms with E-state index in [1.54, 1.807) is 12.1 Å². The van der Waals surface area contributed by atoms with Gasteiger partial charge in [-0.15, -0.1) is 0 Å². The first kappa shape index (κ1) is 10.2. The van der Waals surface area contributed by atoms with Gasteiger partial charge in [0.1, 0.15) is 5.75 Å². The van der Waals surface area contributed by atoms with E-state index in [2.05, 4.69) is 5.32 Å². The van der Waals surface area contributed by atoms with E-state index < -0.39 is 0 Å². The van der Waals surface area contributed by atoms with Crippen LogP contribution in [0, 0.1) is 0 Å². The topological polar surface area (TPSA) is 69.6 Å². The van der Waals surface area contributed by atoms with Gasteiger partial charge in [0.2, 0.25) is 0 Å². The van der Waals surface area contributed by atoms with Crippen LogP contribution in [0.4, 0.5) is 5.69 Å². The largest absolute Gasteiger partial charge is 0.508 e. The number of amides is 2. The van der Waals surface area contributed by atoms with Gasteiger partial charge in [-0.2, -0.15) is 0 Å². The van der Waals surface area contributed by atoms with Gasteiger partial charge in [-0.25, -0.2) is 0 Å². The number of rotatable bonds is 3. The number of hydrogen-bond acceptors (Lipinski definition) is 4. The number of phenolic OH excluding ortho intramolecular Hbond substituents is 1. The molecule has 2 N–H and O–H groups in total. The second-order valence-electron chi connectivity index (χ2n) is 3.32. The van der Waals surface area contributed by atoms with Crippen molar-refractivity contribution in [1.29, 1.82) is 0 Å². The summed E-state index contributed by atoms with van der Waals surface area (Å²) in [5.41, 5.74) is 0.727. The van der Waals surface area contributed by atoms with Crippen molar-refractivity contribution in [2.75, 3.05) is 12.0 Å². The highest BCUT2D eigenvalue weighted by Gasteiger charge is 2.22. The molecule has 0 radical (unpaired) electrons. The summed E-state index contributed by atoms with van der Waals surface area (Å²) in [5.74, 6) is -0.479. The Morgan fingerprint density at radius 1 is 1.06 bits per heavy atom.